The molecule has 1 aromatic rings. The van der Waals surface area contributed by atoms with Gasteiger partial charge in [-0.1, -0.05) is 19.1 Å². The number of carboxylic acids is 1. The van der Waals surface area contributed by atoms with Crippen molar-refractivity contribution >= 4 is 17.7 Å². The van der Waals surface area contributed by atoms with Crippen LogP contribution in [0.4, 0.5) is 0 Å². The van der Waals surface area contributed by atoms with Crippen molar-refractivity contribution in [1.82, 2.24) is 4.90 Å². The largest absolute Gasteiger partial charge is 0.494 e. The molecular weight excluding hydrogens is 322 g/mol. The van der Waals surface area contributed by atoms with Gasteiger partial charge in [-0.3, -0.25) is 9.59 Å². The Hall–Kier alpha value is -2.37. The molecular formula is C19H25NO5. The van der Waals surface area contributed by atoms with Crippen molar-refractivity contribution in [1.29, 1.82) is 0 Å². The third kappa shape index (κ3) is 5.31. The molecule has 1 aromatic carbocycles. The number of carbonyl (C=O) groups excluding carboxylic acids is 2. The van der Waals surface area contributed by atoms with Crippen LogP contribution in [0.25, 0.3) is 0 Å². The molecule has 1 amide bonds. The fourth-order valence-corrected chi connectivity index (χ4v) is 3.04. The lowest BCUT2D eigenvalue weighted by Crippen LogP contribution is -2.49. The summed E-state index contributed by atoms with van der Waals surface area (Å²) in [4.78, 5) is 36.5. The summed E-state index contributed by atoms with van der Waals surface area (Å²) in [5.41, 5.74) is 0.584. The summed E-state index contributed by atoms with van der Waals surface area (Å²) in [5, 5.41) is 9.32. The molecule has 1 N–H and O–H groups in total. The van der Waals surface area contributed by atoms with E-state index in [4.69, 9.17) is 4.74 Å². The van der Waals surface area contributed by atoms with Gasteiger partial charge in [0.05, 0.1) is 6.61 Å². The number of aliphatic carboxylic acids is 1. The van der Waals surface area contributed by atoms with E-state index in [0.29, 0.717) is 43.2 Å². The lowest BCUT2D eigenvalue weighted by Gasteiger charge is -2.36. The predicted molar refractivity (Wildman–Crippen MR) is 92.7 cm³/mol. The van der Waals surface area contributed by atoms with Crippen LogP contribution in [-0.2, 0) is 9.59 Å². The quantitative estimate of drug-likeness (QED) is 0.606. The lowest BCUT2D eigenvalue weighted by atomic mass is 9.92. The minimum atomic E-state index is -0.933. The average Bonchev–Trinajstić information content (AvgIpc) is 2.58. The second-order valence-corrected chi connectivity index (χ2v) is 6.61. The van der Waals surface area contributed by atoms with Gasteiger partial charge in [0, 0.05) is 18.5 Å². The summed E-state index contributed by atoms with van der Waals surface area (Å²) in [7, 11) is 0. The van der Waals surface area contributed by atoms with E-state index in [1.807, 2.05) is 6.92 Å². The fraction of sp³-hybridized carbons (Fsp3) is 0.526. The summed E-state index contributed by atoms with van der Waals surface area (Å²) in [5.74, 6) is -0.186. The highest BCUT2D eigenvalue weighted by molar-refractivity contribution is 5.94. The van der Waals surface area contributed by atoms with Gasteiger partial charge in [0.15, 0.2) is 5.78 Å². The minimum Gasteiger partial charge on any atom is -0.494 e. The Kier molecular flexibility index (Phi) is 6.56. The molecule has 136 valence electrons. The monoisotopic (exact) mass is 347 g/mol. The zero-order valence-corrected chi connectivity index (χ0v) is 14.7. The first kappa shape index (κ1) is 19.0. The molecule has 6 heteroatoms. The van der Waals surface area contributed by atoms with Crippen LogP contribution < -0.4 is 4.74 Å². The average molecular weight is 347 g/mol. The van der Waals surface area contributed by atoms with E-state index < -0.39 is 12.0 Å². The number of carboxylic acid groups (broad SMARTS) is 1. The highest BCUT2D eigenvalue weighted by atomic mass is 16.5. The van der Waals surface area contributed by atoms with E-state index in [0.717, 1.165) is 6.42 Å². The Morgan fingerprint density at radius 1 is 1.32 bits per heavy atom. The summed E-state index contributed by atoms with van der Waals surface area (Å²) in [6.45, 7) is 4.35. The van der Waals surface area contributed by atoms with Crippen LogP contribution in [0.1, 0.15) is 49.9 Å². The summed E-state index contributed by atoms with van der Waals surface area (Å²) >= 11 is 0. The number of nitrogens with zero attached hydrogens (tertiary/aromatic N) is 1. The number of amides is 1. The smallest absolute Gasteiger partial charge is 0.326 e. The topological polar surface area (TPSA) is 83.9 Å². The maximum absolute atomic E-state index is 12.3. The van der Waals surface area contributed by atoms with Gasteiger partial charge in [0.25, 0.3) is 0 Å². The van der Waals surface area contributed by atoms with Crippen molar-refractivity contribution in [3.05, 3.63) is 29.8 Å². The number of piperidine rings is 1. The zero-order chi connectivity index (χ0) is 18.4. The number of hydrogen-bond acceptors (Lipinski definition) is 4. The molecule has 0 aliphatic carbocycles. The van der Waals surface area contributed by atoms with E-state index in [1.165, 1.54) is 11.8 Å². The number of ketones is 1. The Bertz CT molecular complexity index is 642. The molecule has 2 atom stereocenters. The maximum Gasteiger partial charge on any atom is 0.326 e. The van der Waals surface area contributed by atoms with Crippen molar-refractivity contribution in [3.8, 4) is 5.75 Å². The number of hydrogen-bond donors (Lipinski definition) is 1. The summed E-state index contributed by atoms with van der Waals surface area (Å²) < 4.78 is 5.59. The van der Waals surface area contributed by atoms with Crippen molar-refractivity contribution in [2.75, 3.05) is 13.2 Å². The van der Waals surface area contributed by atoms with Gasteiger partial charge in [-0.05, 0) is 44.2 Å². The highest BCUT2D eigenvalue weighted by Gasteiger charge is 2.34. The maximum atomic E-state index is 12.3. The first-order valence-corrected chi connectivity index (χ1v) is 8.64. The molecule has 25 heavy (non-hydrogen) atoms. The number of rotatable bonds is 7. The molecule has 0 spiro atoms. The SMILES string of the molecule is CC(=O)c1cccc(OCCCC(=O)N2CCC(C)CC2C(=O)O)c1. The van der Waals surface area contributed by atoms with Crippen molar-refractivity contribution in [3.63, 3.8) is 0 Å². The van der Waals surface area contributed by atoms with Crippen molar-refractivity contribution in [2.24, 2.45) is 5.92 Å². The van der Waals surface area contributed by atoms with Crippen LogP contribution in [0.2, 0.25) is 0 Å². The third-order valence-corrected chi connectivity index (χ3v) is 4.51. The van der Waals surface area contributed by atoms with Crippen LogP contribution in [0.3, 0.4) is 0 Å². The number of benzene rings is 1. The van der Waals surface area contributed by atoms with E-state index in [1.54, 1.807) is 24.3 Å². The van der Waals surface area contributed by atoms with Gasteiger partial charge in [-0.25, -0.2) is 4.79 Å². The lowest BCUT2D eigenvalue weighted by molar-refractivity contribution is -0.153. The van der Waals surface area contributed by atoms with Gasteiger partial charge >= 0.3 is 5.97 Å². The fourth-order valence-electron chi connectivity index (χ4n) is 3.04. The van der Waals surface area contributed by atoms with Crippen LogP contribution in [-0.4, -0.2) is 46.9 Å². The number of ether oxygens (including phenoxy) is 1. The summed E-state index contributed by atoms with van der Waals surface area (Å²) in [6.07, 6.45) is 2.10. The second kappa shape index (κ2) is 8.65. The van der Waals surface area contributed by atoms with E-state index in [9.17, 15) is 19.5 Å². The first-order chi connectivity index (χ1) is 11.9. The molecule has 0 bridgehead atoms. The molecule has 6 nitrogen and oxygen atoms in total. The number of carbonyl (C=O) groups is 3. The molecule has 1 aliphatic heterocycles. The molecule has 1 fully saturated rings. The molecule has 2 unspecified atom stereocenters. The van der Waals surface area contributed by atoms with Crippen LogP contribution in [0.15, 0.2) is 24.3 Å². The standard InChI is InChI=1S/C19H25NO5/c1-13-8-9-20(17(11-13)19(23)24)18(22)7-4-10-25-16-6-3-5-15(12-16)14(2)21/h3,5-6,12-13,17H,4,7-11H2,1-2H3,(H,23,24). The van der Waals surface area contributed by atoms with Crippen LogP contribution in [0, 0.1) is 5.92 Å². The predicted octanol–water partition coefficient (Wildman–Crippen LogP) is 2.76. The van der Waals surface area contributed by atoms with Gasteiger partial charge in [0.1, 0.15) is 11.8 Å². The number of Topliss-reactive ketones (excluding diaryl/α,β-unsaturated/α-hetero) is 1. The molecule has 2 rings (SSSR count). The van der Waals surface area contributed by atoms with Gasteiger partial charge in [-0.15, -0.1) is 0 Å². The van der Waals surface area contributed by atoms with E-state index >= 15 is 0 Å². The second-order valence-electron chi connectivity index (χ2n) is 6.61. The highest BCUT2D eigenvalue weighted by Crippen LogP contribution is 2.23. The Balaban J connectivity index is 1.81. The molecule has 0 saturated carbocycles. The first-order valence-electron chi connectivity index (χ1n) is 8.64. The van der Waals surface area contributed by atoms with Gasteiger partial charge in [-0.2, -0.15) is 0 Å². The molecule has 0 radical (unpaired) electrons. The molecule has 0 aromatic heterocycles. The Labute approximate surface area is 147 Å². The summed E-state index contributed by atoms with van der Waals surface area (Å²) in [6, 6.07) is 6.20. The minimum absolute atomic E-state index is 0.0281. The number of likely N-dealkylation sites (tertiary alicyclic amines) is 1. The normalized spacial score (nSPS) is 20.2. The van der Waals surface area contributed by atoms with Gasteiger partial charge in [0.2, 0.25) is 5.91 Å². The van der Waals surface area contributed by atoms with E-state index in [2.05, 4.69) is 0 Å². The van der Waals surface area contributed by atoms with Crippen LogP contribution in [0.5, 0.6) is 5.75 Å². The molecule has 1 heterocycles. The Morgan fingerprint density at radius 3 is 2.76 bits per heavy atom. The third-order valence-electron chi connectivity index (χ3n) is 4.51. The molecule has 1 saturated heterocycles. The van der Waals surface area contributed by atoms with E-state index in [-0.39, 0.29) is 18.1 Å². The Morgan fingerprint density at radius 2 is 2.08 bits per heavy atom. The van der Waals surface area contributed by atoms with Gasteiger partial charge < -0.3 is 14.7 Å². The van der Waals surface area contributed by atoms with Crippen molar-refractivity contribution < 1.29 is 24.2 Å². The van der Waals surface area contributed by atoms with Crippen LogP contribution >= 0.6 is 0 Å². The van der Waals surface area contributed by atoms with Crippen molar-refractivity contribution in [2.45, 2.75) is 45.6 Å². The molecule has 1 aliphatic rings. The zero-order valence-electron chi connectivity index (χ0n) is 14.7.